The number of carbonyl (C=O) groups is 1. The SMILES string of the molecule is O=C(C(/C=N/O)=N\Nc1ccccc1)c1ccc(Cl)cc1Cl. The number of halogens is 2. The summed E-state index contributed by atoms with van der Waals surface area (Å²) in [4.78, 5) is 12.4. The third-order valence-corrected chi connectivity index (χ3v) is 3.22. The minimum absolute atomic E-state index is 0.101. The van der Waals surface area contributed by atoms with E-state index in [2.05, 4.69) is 15.7 Å². The number of benzene rings is 2. The molecule has 0 spiro atoms. The molecule has 0 saturated carbocycles. The third-order valence-electron chi connectivity index (χ3n) is 2.67. The number of ketones is 1. The summed E-state index contributed by atoms with van der Waals surface area (Å²) in [7, 11) is 0. The zero-order valence-corrected chi connectivity index (χ0v) is 12.7. The van der Waals surface area contributed by atoms with E-state index in [1.54, 1.807) is 18.2 Å². The third kappa shape index (κ3) is 4.07. The number of nitrogens with zero attached hydrogens (tertiary/aromatic N) is 2. The minimum Gasteiger partial charge on any atom is -0.411 e. The fraction of sp³-hybridized carbons (Fsp3) is 0. The molecule has 112 valence electrons. The molecule has 0 aliphatic heterocycles. The van der Waals surface area contributed by atoms with Crippen molar-refractivity contribution < 1.29 is 10.0 Å². The number of oxime groups is 1. The van der Waals surface area contributed by atoms with Crippen molar-refractivity contribution in [2.24, 2.45) is 10.3 Å². The van der Waals surface area contributed by atoms with E-state index in [-0.39, 0.29) is 16.3 Å². The Morgan fingerprint density at radius 3 is 2.50 bits per heavy atom. The summed E-state index contributed by atoms with van der Waals surface area (Å²) in [6.45, 7) is 0. The first-order valence-corrected chi connectivity index (χ1v) is 6.93. The van der Waals surface area contributed by atoms with E-state index in [4.69, 9.17) is 28.4 Å². The maximum Gasteiger partial charge on any atom is 0.216 e. The Morgan fingerprint density at radius 1 is 1.14 bits per heavy atom. The molecule has 0 radical (unpaired) electrons. The van der Waals surface area contributed by atoms with Gasteiger partial charge in [0.2, 0.25) is 5.78 Å². The van der Waals surface area contributed by atoms with E-state index in [0.29, 0.717) is 10.7 Å². The van der Waals surface area contributed by atoms with Gasteiger partial charge in [0.25, 0.3) is 0 Å². The van der Waals surface area contributed by atoms with E-state index < -0.39 is 5.78 Å². The molecule has 0 fully saturated rings. The van der Waals surface area contributed by atoms with Crippen LogP contribution in [0, 0.1) is 0 Å². The Balaban J connectivity index is 2.29. The zero-order valence-electron chi connectivity index (χ0n) is 11.2. The average Bonchev–Trinajstić information content (AvgIpc) is 2.52. The minimum atomic E-state index is -0.497. The Bertz CT molecular complexity index is 731. The van der Waals surface area contributed by atoms with Crippen LogP contribution in [0.3, 0.4) is 0 Å². The molecule has 2 rings (SSSR count). The molecule has 2 N–H and O–H groups in total. The van der Waals surface area contributed by atoms with Crippen LogP contribution in [0.15, 0.2) is 58.8 Å². The monoisotopic (exact) mass is 335 g/mol. The van der Waals surface area contributed by atoms with Crippen LogP contribution in [-0.2, 0) is 0 Å². The quantitative estimate of drug-likeness (QED) is 0.374. The molecule has 0 aliphatic rings. The van der Waals surface area contributed by atoms with Gasteiger partial charge in [0.15, 0.2) is 5.71 Å². The first-order valence-electron chi connectivity index (χ1n) is 6.17. The van der Waals surface area contributed by atoms with Gasteiger partial charge < -0.3 is 5.21 Å². The van der Waals surface area contributed by atoms with Gasteiger partial charge in [-0.2, -0.15) is 5.10 Å². The smallest absolute Gasteiger partial charge is 0.216 e. The van der Waals surface area contributed by atoms with Crippen LogP contribution >= 0.6 is 23.2 Å². The summed E-state index contributed by atoms with van der Waals surface area (Å²) in [5.74, 6) is -0.497. The van der Waals surface area contributed by atoms with Gasteiger partial charge >= 0.3 is 0 Å². The standard InChI is InChI=1S/C15H11Cl2N3O2/c16-10-6-7-12(13(17)8-10)15(21)14(9-18-22)20-19-11-4-2-1-3-5-11/h1-9,19,22H/b18-9+,20-14-. The summed E-state index contributed by atoms with van der Waals surface area (Å²) in [6, 6.07) is 13.5. The van der Waals surface area contributed by atoms with Crippen LogP contribution in [0.1, 0.15) is 10.4 Å². The highest BCUT2D eigenvalue weighted by Gasteiger charge is 2.16. The van der Waals surface area contributed by atoms with E-state index in [1.165, 1.54) is 12.1 Å². The molecular formula is C15H11Cl2N3O2. The Kier molecular flexibility index (Phi) is 5.52. The van der Waals surface area contributed by atoms with Gasteiger partial charge in [-0.05, 0) is 30.3 Å². The number of nitrogens with one attached hydrogen (secondary N) is 1. The predicted octanol–water partition coefficient (Wildman–Crippen LogP) is 4.10. The normalized spacial score (nSPS) is 11.6. The number of carbonyl (C=O) groups excluding carboxylic acids is 1. The summed E-state index contributed by atoms with van der Waals surface area (Å²) in [5, 5.41) is 16.1. The van der Waals surface area contributed by atoms with Crippen LogP contribution in [-0.4, -0.2) is 22.9 Å². The molecule has 0 amide bonds. The van der Waals surface area contributed by atoms with Crippen molar-refractivity contribution in [3.63, 3.8) is 0 Å². The molecule has 2 aromatic rings. The number of anilines is 1. The van der Waals surface area contributed by atoms with Crippen molar-refractivity contribution in [3.05, 3.63) is 64.1 Å². The van der Waals surface area contributed by atoms with Gasteiger partial charge in [-0.25, -0.2) is 0 Å². The molecular weight excluding hydrogens is 325 g/mol. The highest BCUT2D eigenvalue weighted by atomic mass is 35.5. The number of para-hydroxylation sites is 1. The van der Waals surface area contributed by atoms with Gasteiger partial charge in [0.1, 0.15) is 0 Å². The van der Waals surface area contributed by atoms with Gasteiger partial charge in [-0.1, -0.05) is 46.6 Å². The molecule has 0 heterocycles. The van der Waals surface area contributed by atoms with Crippen molar-refractivity contribution in [2.45, 2.75) is 0 Å². The molecule has 0 saturated heterocycles. The zero-order chi connectivity index (χ0) is 15.9. The highest BCUT2D eigenvalue weighted by molar-refractivity contribution is 6.65. The van der Waals surface area contributed by atoms with Crippen molar-refractivity contribution >= 4 is 46.6 Å². The van der Waals surface area contributed by atoms with Crippen LogP contribution < -0.4 is 5.43 Å². The topological polar surface area (TPSA) is 74.0 Å². The lowest BCUT2D eigenvalue weighted by Gasteiger charge is -2.05. The van der Waals surface area contributed by atoms with E-state index in [0.717, 1.165) is 6.21 Å². The van der Waals surface area contributed by atoms with E-state index >= 15 is 0 Å². The average molecular weight is 336 g/mol. The number of rotatable bonds is 5. The molecule has 0 aromatic heterocycles. The molecule has 0 unspecified atom stereocenters. The Labute approximate surface area is 136 Å². The fourth-order valence-electron chi connectivity index (χ4n) is 1.64. The molecule has 0 atom stereocenters. The molecule has 0 aliphatic carbocycles. The number of hydrogen-bond donors (Lipinski definition) is 2. The Morgan fingerprint density at radius 2 is 1.86 bits per heavy atom. The second-order valence-corrected chi connectivity index (χ2v) is 5.02. The first-order chi connectivity index (χ1) is 10.6. The van der Waals surface area contributed by atoms with Crippen molar-refractivity contribution in [2.75, 3.05) is 5.43 Å². The first kappa shape index (κ1) is 16.0. The largest absolute Gasteiger partial charge is 0.411 e. The van der Waals surface area contributed by atoms with Crippen LogP contribution in [0.5, 0.6) is 0 Å². The van der Waals surface area contributed by atoms with Crippen LogP contribution in [0.25, 0.3) is 0 Å². The number of Topliss-reactive ketones (excluding diaryl/α,β-unsaturated/α-hetero) is 1. The van der Waals surface area contributed by atoms with Crippen molar-refractivity contribution in [3.8, 4) is 0 Å². The van der Waals surface area contributed by atoms with Crippen molar-refractivity contribution in [1.82, 2.24) is 0 Å². The van der Waals surface area contributed by atoms with E-state index in [9.17, 15) is 4.79 Å². The molecule has 2 aromatic carbocycles. The second kappa shape index (κ2) is 7.59. The van der Waals surface area contributed by atoms with Gasteiger partial charge in [0.05, 0.1) is 16.9 Å². The van der Waals surface area contributed by atoms with Crippen LogP contribution in [0.2, 0.25) is 10.0 Å². The van der Waals surface area contributed by atoms with Crippen LogP contribution in [0.4, 0.5) is 5.69 Å². The molecule has 7 heteroatoms. The summed E-state index contributed by atoms with van der Waals surface area (Å²) in [6.07, 6.45) is 0.934. The summed E-state index contributed by atoms with van der Waals surface area (Å²) < 4.78 is 0. The molecule has 5 nitrogen and oxygen atoms in total. The van der Waals surface area contributed by atoms with Gasteiger partial charge in [-0.15, -0.1) is 0 Å². The number of hydrazone groups is 1. The maximum absolute atomic E-state index is 12.4. The molecule has 0 bridgehead atoms. The Hall–Kier alpha value is -2.37. The van der Waals surface area contributed by atoms with Gasteiger partial charge in [0, 0.05) is 10.6 Å². The maximum atomic E-state index is 12.4. The number of hydrogen-bond acceptors (Lipinski definition) is 5. The summed E-state index contributed by atoms with van der Waals surface area (Å²) in [5.41, 5.74) is 3.50. The molecule has 22 heavy (non-hydrogen) atoms. The highest BCUT2D eigenvalue weighted by Crippen LogP contribution is 2.21. The predicted molar refractivity (Wildman–Crippen MR) is 88.6 cm³/mol. The van der Waals surface area contributed by atoms with E-state index in [1.807, 2.05) is 18.2 Å². The van der Waals surface area contributed by atoms with Crippen molar-refractivity contribution in [1.29, 1.82) is 0 Å². The fourth-order valence-corrected chi connectivity index (χ4v) is 2.14. The lowest BCUT2D eigenvalue weighted by molar-refractivity contribution is 0.106. The lowest BCUT2D eigenvalue weighted by atomic mass is 10.1. The second-order valence-electron chi connectivity index (χ2n) is 4.17. The lowest BCUT2D eigenvalue weighted by Crippen LogP contribution is -2.18. The van der Waals surface area contributed by atoms with Gasteiger partial charge in [-0.3, -0.25) is 10.2 Å². The summed E-state index contributed by atoms with van der Waals surface area (Å²) >= 11 is 11.8.